The fourth-order valence-corrected chi connectivity index (χ4v) is 2.62. The van der Waals surface area contributed by atoms with Crippen LogP contribution < -0.4 is 5.32 Å². The quantitative estimate of drug-likeness (QED) is 0.923. The lowest BCUT2D eigenvalue weighted by atomic mass is 9.87. The molecule has 1 aliphatic carbocycles. The largest absolute Gasteiger partial charge is 0.338 e. The molecule has 1 aromatic heterocycles. The summed E-state index contributed by atoms with van der Waals surface area (Å²) in [5.74, 6) is 1.07. The zero-order valence-corrected chi connectivity index (χ0v) is 10.8. The highest BCUT2D eigenvalue weighted by atomic mass is 19.1. The van der Waals surface area contributed by atoms with Crippen molar-refractivity contribution in [3.8, 4) is 0 Å². The lowest BCUT2D eigenvalue weighted by Crippen LogP contribution is -2.25. The summed E-state index contributed by atoms with van der Waals surface area (Å²) in [4.78, 5) is 4.16. The summed E-state index contributed by atoms with van der Waals surface area (Å²) in [5, 5.41) is 7.17. The molecule has 4 nitrogen and oxygen atoms in total. The van der Waals surface area contributed by atoms with Crippen LogP contribution in [0, 0.1) is 12.7 Å². The summed E-state index contributed by atoms with van der Waals surface area (Å²) in [7, 11) is 0. The van der Waals surface area contributed by atoms with Crippen LogP contribution in [0.1, 0.15) is 41.7 Å². The highest BCUT2D eigenvalue weighted by molar-refractivity contribution is 5.32. The molecule has 1 heterocycles. The number of nitrogens with one attached hydrogen (secondary N) is 1. The van der Waals surface area contributed by atoms with Crippen LogP contribution in [0.25, 0.3) is 0 Å². The van der Waals surface area contributed by atoms with Gasteiger partial charge in [0.05, 0.1) is 6.54 Å². The number of hydrogen-bond acceptors (Lipinski definition) is 4. The van der Waals surface area contributed by atoms with Gasteiger partial charge in [0.25, 0.3) is 0 Å². The second-order valence-corrected chi connectivity index (χ2v) is 4.90. The first-order valence-electron chi connectivity index (χ1n) is 6.53. The summed E-state index contributed by atoms with van der Waals surface area (Å²) >= 11 is 0. The summed E-state index contributed by atoms with van der Waals surface area (Å²) in [6, 6.07) is 5.27. The molecule has 0 fully saturated rings. The first-order valence-corrected chi connectivity index (χ1v) is 6.53. The number of nitrogens with zero attached hydrogens (tertiary/aromatic N) is 2. The number of benzene rings is 1. The number of aryl methyl sites for hydroxylation is 2. The predicted molar refractivity (Wildman–Crippen MR) is 68.0 cm³/mol. The smallest absolute Gasteiger partial charge is 0.240 e. The van der Waals surface area contributed by atoms with Gasteiger partial charge in [-0.05, 0) is 49.4 Å². The molecule has 0 aliphatic heterocycles. The van der Waals surface area contributed by atoms with E-state index in [-0.39, 0.29) is 11.9 Å². The highest BCUT2D eigenvalue weighted by Crippen LogP contribution is 2.30. The van der Waals surface area contributed by atoms with E-state index in [1.54, 1.807) is 13.0 Å². The van der Waals surface area contributed by atoms with E-state index in [0.717, 1.165) is 24.8 Å². The average Bonchev–Trinajstić information content (AvgIpc) is 2.81. The lowest BCUT2D eigenvalue weighted by molar-refractivity contribution is 0.347. The molecule has 19 heavy (non-hydrogen) atoms. The zero-order chi connectivity index (χ0) is 13.2. The van der Waals surface area contributed by atoms with Crippen molar-refractivity contribution in [3.05, 3.63) is 46.9 Å². The molecule has 2 aromatic rings. The maximum atomic E-state index is 13.2. The zero-order valence-electron chi connectivity index (χ0n) is 10.8. The fourth-order valence-electron chi connectivity index (χ4n) is 2.62. The Morgan fingerprint density at radius 2 is 2.37 bits per heavy atom. The van der Waals surface area contributed by atoms with Crippen molar-refractivity contribution in [2.75, 3.05) is 0 Å². The second kappa shape index (κ2) is 5.09. The Balaban J connectivity index is 1.73. The van der Waals surface area contributed by atoms with Crippen LogP contribution >= 0.6 is 0 Å². The number of fused-ring (bicyclic) bond motifs is 1. The Kier molecular flexibility index (Phi) is 3.29. The minimum absolute atomic E-state index is 0.160. The summed E-state index contributed by atoms with van der Waals surface area (Å²) in [6.07, 6.45) is 3.06. The standard InChI is InChI=1S/C14H16FN3O/c1-9-17-14(19-18-9)8-16-13-4-2-3-10-7-11(15)5-6-12(10)13/h5-7,13,16H,2-4,8H2,1H3/t13-/m1/s1. The summed E-state index contributed by atoms with van der Waals surface area (Å²) < 4.78 is 18.3. The maximum Gasteiger partial charge on any atom is 0.240 e. The van der Waals surface area contributed by atoms with Gasteiger partial charge in [-0.25, -0.2) is 4.39 Å². The Morgan fingerprint density at radius 1 is 1.47 bits per heavy atom. The second-order valence-electron chi connectivity index (χ2n) is 4.90. The normalized spacial score (nSPS) is 18.3. The number of halogens is 1. The topological polar surface area (TPSA) is 51.0 Å². The molecule has 0 amide bonds. The van der Waals surface area contributed by atoms with Crippen LogP contribution in [0.2, 0.25) is 0 Å². The molecule has 1 aliphatic rings. The molecule has 100 valence electrons. The summed E-state index contributed by atoms with van der Waals surface area (Å²) in [5.41, 5.74) is 2.29. The van der Waals surface area contributed by atoms with E-state index in [2.05, 4.69) is 15.5 Å². The van der Waals surface area contributed by atoms with Gasteiger partial charge in [0.15, 0.2) is 5.82 Å². The number of aromatic nitrogens is 2. The van der Waals surface area contributed by atoms with Crippen molar-refractivity contribution >= 4 is 0 Å². The Bertz CT molecular complexity index is 582. The third kappa shape index (κ3) is 2.66. The number of hydrogen-bond donors (Lipinski definition) is 1. The van der Waals surface area contributed by atoms with Crippen molar-refractivity contribution in [2.24, 2.45) is 0 Å². The monoisotopic (exact) mass is 261 g/mol. The molecule has 3 rings (SSSR count). The molecule has 0 bridgehead atoms. The van der Waals surface area contributed by atoms with E-state index < -0.39 is 0 Å². The van der Waals surface area contributed by atoms with E-state index in [9.17, 15) is 4.39 Å². The van der Waals surface area contributed by atoms with E-state index in [1.807, 2.05) is 6.07 Å². The Hall–Kier alpha value is -1.75. The van der Waals surface area contributed by atoms with Crippen molar-refractivity contribution in [1.82, 2.24) is 15.5 Å². The first kappa shape index (κ1) is 12.3. The molecular formula is C14H16FN3O. The Labute approximate surface area is 111 Å². The van der Waals surface area contributed by atoms with Crippen molar-refractivity contribution in [1.29, 1.82) is 0 Å². The van der Waals surface area contributed by atoms with Gasteiger partial charge in [-0.1, -0.05) is 11.2 Å². The minimum Gasteiger partial charge on any atom is -0.338 e. The van der Waals surface area contributed by atoms with Gasteiger partial charge in [0, 0.05) is 6.04 Å². The van der Waals surface area contributed by atoms with Gasteiger partial charge in [0.2, 0.25) is 5.89 Å². The maximum absolute atomic E-state index is 13.2. The molecule has 0 saturated heterocycles. The van der Waals surface area contributed by atoms with Gasteiger partial charge in [-0.15, -0.1) is 0 Å². The third-order valence-corrected chi connectivity index (χ3v) is 3.49. The van der Waals surface area contributed by atoms with Crippen molar-refractivity contribution in [3.63, 3.8) is 0 Å². The lowest BCUT2D eigenvalue weighted by Gasteiger charge is -2.26. The van der Waals surface area contributed by atoms with E-state index in [4.69, 9.17) is 4.52 Å². The van der Waals surface area contributed by atoms with Crippen molar-refractivity contribution in [2.45, 2.75) is 38.8 Å². The highest BCUT2D eigenvalue weighted by Gasteiger charge is 2.20. The van der Waals surface area contributed by atoms with E-state index >= 15 is 0 Å². The van der Waals surface area contributed by atoms with Crippen LogP contribution in [0.5, 0.6) is 0 Å². The van der Waals surface area contributed by atoms with Crippen LogP contribution in [-0.2, 0) is 13.0 Å². The molecule has 0 spiro atoms. The SMILES string of the molecule is Cc1noc(CN[C@@H]2CCCc3cc(F)ccc32)n1. The van der Waals surface area contributed by atoms with Gasteiger partial charge in [0.1, 0.15) is 5.82 Å². The molecular weight excluding hydrogens is 245 g/mol. The third-order valence-electron chi connectivity index (χ3n) is 3.49. The van der Waals surface area contributed by atoms with Crippen LogP contribution in [0.4, 0.5) is 4.39 Å². The molecule has 5 heteroatoms. The molecule has 0 radical (unpaired) electrons. The van der Waals surface area contributed by atoms with Gasteiger partial charge >= 0.3 is 0 Å². The van der Waals surface area contributed by atoms with Crippen LogP contribution in [-0.4, -0.2) is 10.1 Å². The van der Waals surface area contributed by atoms with Gasteiger partial charge in [-0.2, -0.15) is 4.98 Å². The minimum atomic E-state index is -0.160. The summed E-state index contributed by atoms with van der Waals surface area (Å²) in [6.45, 7) is 2.34. The van der Waals surface area contributed by atoms with Crippen LogP contribution in [0.15, 0.2) is 22.7 Å². The van der Waals surface area contributed by atoms with Crippen LogP contribution in [0.3, 0.4) is 0 Å². The molecule has 1 N–H and O–H groups in total. The van der Waals surface area contributed by atoms with E-state index in [0.29, 0.717) is 18.3 Å². The predicted octanol–water partition coefficient (Wildman–Crippen LogP) is 2.68. The Morgan fingerprint density at radius 3 is 3.16 bits per heavy atom. The van der Waals surface area contributed by atoms with Gasteiger partial charge in [-0.3, -0.25) is 0 Å². The average molecular weight is 261 g/mol. The molecule has 1 aromatic carbocycles. The molecule has 0 saturated carbocycles. The fraction of sp³-hybridized carbons (Fsp3) is 0.429. The van der Waals surface area contributed by atoms with Gasteiger partial charge < -0.3 is 9.84 Å². The number of rotatable bonds is 3. The molecule has 0 unspecified atom stereocenters. The molecule has 1 atom stereocenters. The first-order chi connectivity index (χ1) is 9.22. The van der Waals surface area contributed by atoms with E-state index in [1.165, 1.54) is 11.6 Å². The van der Waals surface area contributed by atoms with Crippen molar-refractivity contribution < 1.29 is 8.91 Å².